The van der Waals surface area contributed by atoms with Crippen molar-refractivity contribution in [1.82, 2.24) is 0 Å². The van der Waals surface area contributed by atoms with Crippen LogP contribution in [0.3, 0.4) is 0 Å². The number of nitrogens with two attached hydrogens (primary N) is 1. The zero-order chi connectivity index (χ0) is 14.7. The number of ether oxygens (including phenoxy) is 2. The molecule has 0 atom stereocenters. The average molecular weight is 279 g/mol. The van der Waals surface area contributed by atoms with Crippen molar-refractivity contribution >= 4 is 5.69 Å². The molecule has 2 rings (SSSR count). The first-order chi connectivity index (χ1) is 9.45. The van der Waals surface area contributed by atoms with Crippen molar-refractivity contribution in [3.05, 3.63) is 48.0 Å². The second kappa shape index (κ2) is 5.77. The van der Waals surface area contributed by atoms with Crippen LogP contribution in [-0.4, -0.2) is 6.10 Å². The molecule has 2 N–H and O–H groups in total. The Bertz CT molecular complexity index is 595. The lowest BCUT2D eigenvalue weighted by Crippen LogP contribution is -2.07. The minimum atomic E-state index is -0.715. The zero-order valence-electron chi connectivity index (χ0n) is 11.2. The lowest BCUT2D eigenvalue weighted by atomic mass is 10.2. The van der Waals surface area contributed by atoms with Gasteiger partial charge in [0.1, 0.15) is 28.8 Å². The van der Waals surface area contributed by atoms with E-state index in [-0.39, 0.29) is 23.3 Å². The van der Waals surface area contributed by atoms with E-state index in [9.17, 15) is 8.78 Å². The van der Waals surface area contributed by atoms with Gasteiger partial charge in [0.2, 0.25) is 0 Å². The molecule has 0 fully saturated rings. The fourth-order valence-corrected chi connectivity index (χ4v) is 1.68. The van der Waals surface area contributed by atoms with Gasteiger partial charge in [-0.25, -0.2) is 8.78 Å². The summed E-state index contributed by atoms with van der Waals surface area (Å²) >= 11 is 0. The zero-order valence-corrected chi connectivity index (χ0v) is 11.2. The Morgan fingerprint density at radius 2 is 1.60 bits per heavy atom. The second-order valence-corrected chi connectivity index (χ2v) is 4.54. The molecule has 0 unspecified atom stereocenters. The first-order valence-corrected chi connectivity index (χ1v) is 6.15. The molecule has 0 amide bonds. The summed E-state index contributed by atoms with van der Waals surface area (Å²) in [4.78, 5) is 0. The van der Waals surface area contributed by atoms with Gasteiger partial charge in [0.05, 0.1) is 6.10 Å². The number of benzene rings is 2. The number of nitrogen functional groups attached to an aromatic ring is 1. The van der Waals surface area contributed by atoms with Crippen LogP contribution >= 0.6 is 0 Å². The van der Waals surface area contributed by atoms with Crippen molar-refractivity contribution in [3.63, 3.8) is 0 Å². The van der Waals surface area contributed by atoms with Crippen LogP contribution in [0.2, 0.25) is 0 Å². The van der Waals surface area contributed by atoms with Crippen LogP contribution in [-0.2, 0) is 0 Å². The number of para-hydroxylation sites is 1. The van der Waals surface area contributed by atoms with Gasteiger partial charge in [-0.1, -0.05) is 6.07 Å². The normalized spacial score (nSPS) is 10.7. The van der Waals surface area contributed by atoms with E-state index in [0.717, 1.165) is 18.2 Å². The smallest absolute Gasteiger partial charge is 0.154 e. The molecule has 2 aromatic carbocycles. The van der Waals surface area contributed by atoms with Crippen LogP contribution in [0.25, 0.3) is 0 Å². The summed E-state index contributed by atoms with van der Waals surface area (Å²) in [6.07, 6.45) is -0.0424. The minimum Gasteiger partial charge on any atom is -0.489 e. The molecule has 0 aromatic heterocycles. The third kappa shape index (κ3) is 3.38. The van der Waals surface area contributed by atoms with Crippen molar-refractivity contribution in [1.29, 1.82) is 0 Å². The molecule has 0 aliphatic rings. The predicted molar refractivity (Wildman–Crippen MR) is 73.1 cm³/mol. The molecule has 0 bridgehead atoms. The Morgan fingerprint density at radius 1 is 1.00 bits per heavy atom. The van der Waals surface area contributed by atoms with Gasteiger partial charge in [0, 0.05) is 18.2 Å². The minimum absolute atomic E-state index is 0.0379. The van der Waals surface area contributed by atoms with Gasteiger partial charge in [0.15, 0.2) is 5.75 Å². The monoisotopic (exact) mass is 279 g/mol. The second-order valence-electron chi connectivity index (χ2n) is 4.54. The highest BCUT2D eigenvalue weighted by molar-refractivity contribution is 5.63. The largest absolute Gasteiger partial charge is 0.489 e. The summed E-state index contributed by atoms with van der Waals surface area (Å²) in [5.41, 5.74) is 6.20. The first-order valence-electron chi connectivity index (χ1n) is 6.15. The highest BCUT2D eigenvalue weighted by Crippen LogP contribution is 2.35. The van der Waals surface area contributed by atoms with E-state index in [1.165, 1.54) is 0 Å². The van der Waals surface area contributed by atoms with Crippen LogP contribution < -0.4 is 15.2 Å². The number of hydrogen-bond acceptors (Lipinski definition) is 3. The third-order valence-electron chi connectivity index (χ3n) is 2.45. The maximum absolute atomic E-state index is 13.1. The molecular formula is C15H15F2NO2. The Balaban J connectivity index is 2.29. The van der Waals surface area contributed by atoms with Crippen molar-refractivity contribution in [2.45, 2.75) is 20.0 Å². The topological polar surface area (TPSA) is 44.5 Å². The lowest BCUT2D eigenvalue weighted by molar-refractivity contribution is 0.243. The van der Waals surface area contributed by atoms with Gasteiger partial charge in [0.25, 0.3) is 0 Å². The molecule has 20 heavy (non-hydrogen) atoms. The molecule has 0 aliphatic heterocycles. The van der Waals surface area contributed by atoms with Gasteiger partial charge < -0.3 is 15.2 Å². The molecule has 2 aromatic rings. The molecular weight excluding hydrogens is 264 g/mol. The Morgan fingerprint density at radius 3 is 2.20 bits per heavy atom. The Labute approximate surface area is 115 Å². The maximum Gasteiger partial charge on any atom is 0.154 e. The summed E-state index contributed by atoms with van der Waals surface area (Å²) in [6, 6.07) is 7.93. The summed E-state index contributed by atoms with van der Waals surface area (Å²) < 4.78 is 37.1. The standard InChI is InChI=1S/C15H15F2NO2/c1-9(2)19-13-4-3-5-14(15(13)18)20-12-7-10(16)6-11(17)8-12/h3-9H,18H2,1-2H3. The SMILES string of the molecule is CC(C)Oc1cccc(Oc2cc(F)cc(F)c2)c1N. The van der Waals surface area contributed by atoms with Crippen LogP contribution in [0.1, 0.15) is 13.8 Å². The number of halogens is 2. The van der Waals surface area contributed by atoms with Gasteiger partial charge in [-0.15, -0.1) is 0 Å². The lowest BCUT2D eigenvalue weighted by Gasteiger charge is -2.15. The van der Waals surface area contributed by atoms with Gasteiger partial charge >= 0.3 is 0 Å². The van der Waals surface area contributed by atoms with E-state index in [2.05, 4.69) is 0 Å². The molecule has 5 heteroatoms. The fourth-order valence-electron chi connectivity index (χ4n) is 1.68. The summed E-state index contributed by atoms with van der Waals surface area (Å²) in [6.45, 7) is 3.74. The maximum atomic E-state index is 13.1. The fraction of sp³-hybridized carbons (Fsp3) is 0.200. The molecule has 0 spiro atoms. The molecule has 106 valence electrons. The third-order valence-corrected chi connectivity index (χ3v) is 2.45. The van der Waals surface area contributed by atoms with Crippen molar-refractivity contribution in [2.75, 3.05) is 5.73 Å². The van der Waals surface area contributed by atoms with Crippen LogP contribution in [0.15, 0.2) is 36.4 Å². The van der Waals surface area contributed by atoms with Crippen LogP contribution in [0.5, 0.6) is 17.2 Å². The van der Waals surface area contributed by atoms with E-state index in [0.29, 0.717) is 5.75 Å². The quantitative estimate of drug-likeness (QED) is 0.856. The van der Waals surface area contributed by atoms with E-state index < -0.39 is 11.6 Å². The van der Waals surface area contributed by atoms with Crippen LogP contribution in [0.4, 0.5) is 14.5 Å². The highest BCUT2D eigenvalue weighted by atomic mass is 19.1. The van der Waals surface area contributed by atoms with Gasteiger partial charge in [-0.05, 0) is 26.0 Å². The summed E-state index contributed by atoms with van der Waals surface area (Å²) in [7, 11) is 0. The molecule has 0 saturated carbocycles. The number of rotatable bonds is 4. The number of hydrogen-bond donors (Lipinski definition) is 1. The van der Waals surface area contributed by atoms with Gasteiger partial charge in [-0.2, -0.15) is 0 Å². The van der Waals surface area contributed by atoms with Crippen molar-refractivity contribution in [3.8, 4) is 17.2 Å². The summed E-state index contributed by atoms with van der Waals surface area (Å²) in [5, 5.41) is 0. The Hall–Kier alpha value is -2.30. The molecule has 0 heterocycles. The average Bonchev–Trinajstić information content (AvgIpc) is 2.32. The van der Waals surface area contributed by atoms with E-state index in [1.807, 2.05) is 13.8 Å². The van der Waals surface area contributed by atoms with E-state index >= 15 is 0 Å². The molecule has 3 nitrogen and oxygen atoms in total. The van der Waals surface area contributed by atoms with Gasteiger partial charge in [-0.3, -0.25) is 0 Å². The van der Waals surface area contributed by atoms with Crippen LogP contribution in [0, 0.1) is 11.6 Å². The molecule has 0 aliphatic carbocycles. The molecule has 0 radical (unpaired) electrons. The van der Waals surface area contributed by atoms with Crippen molar-refractivity contribution < 1.29 is 18.3 Å². The van der Waals surface area contributed by atoms with Crippen molar-refractivity contribution in [2.24, 2.45) is 0 Å². The summed E-state index contributed by atoms with van der Waals surface area (Å²) in [5.74, 6) is -0.639. The van der Waals surface area contributed by atoms with E-state index in [4.69, 9.17) is 15.2 Å². The first kappa shape index (κ1) is 14.1. The number of anilines is 1. The Kier molecular flexibility index (Phi) is 4.08. The molecule has 0 saturated heterocycles. The van der Waals surface area contributed by atoms with E-state index in [1.54, 1.807) is 18.2 Å². The highest BCUT2D eigenvalue weighted by Gasteiger charge is 2.10. The predicted octanol–water partition coefficient (Wildman–Crippen LogP) is 4.13.